The Kier molecular flexibility index (Phi) is 4.02. The minimum atomic E-state index is -1.80. The van der Waals surface area contributed by atoms with E-state index in [9.17, 15) is 9.90 Å². The fraction of sp³-hybridized carbons (Fsp3) is 0.125. The number of halogens is 1. The zero-order chi connectivity index (χ0) is 20.2. The van der Waals surface area contributed by atoms with E-state index in [4.69, 9.17) is 11.6 Å². The van der Waals surface area contributed by atoms with Gasteiger partial charge < -0.3 is 15.0 Å². The van der Waals surface area contributed by atoms with Gasteiger partial charge in [-0.25, -0.2) is 0 Å². The van der Waals surface area contributed by atoms with Crippen LogP contribution in [0.1, 0.15) is 22.3 Å². The highest BCUT2D eigenvalue weighted by Gasteiger charge is 2.52. The largest absolute Gasteiger partial charge is 0.372 e. The van der Waals surface area contributed by atoms with E-state index in [-0.39, 0.29) is 5.91 Å². The van der Waals surface area contributed by atoms with Crippen molar-refractivity contribution in [1.29, 1.82) is 0 Å². The molecule has 3 aromatic carbocycles. The molecule has 2 heterocycles. The Morgan fingerprint density at radius 1 is 1.03 bits per heavy atom. The van der Waals surface area contributed by atoms with Crippen LogP contribution in [0.2, 0.25) is 5.02 Å². The van der Waals surface area contributed by atoms with Crippen LogP contribution >= 0.6 is 11.6 Å². The van der Waals surface area contributed by atoms with Gasteiger partial charge in [-0.3, -0.25) is 4.79 Å². The first-order chi connectivity index (χ1) is 14.0. The van der Waals surface area contributed by atoms with Crippen LogP contribution < -0.4 is 4.90 Å². The molecule has 0 aliphatic carbocycles. The number of carbonyl (C=O) groups is 1. The third-order valence-electron chi connectivity index (χ3n) is 5.76. The molecule has 1 atom stereocenters. The van der Waals surface area contributed by atoms with Crippen LogP contribution in [0.5, 0.6) is 0 Å². The number of nitrogens with one attached hydrogen (secondary N) is 1. The van der Waals surface area contributed by atoms with E-state index in [0.717, 1.165) is 22.0 Å². The second-order valence-corrected chi connectivity index (χ2v) is 7.87. The molecule has 0 bridgehead atoms. The van der Waals surface area contributed by atoms with E-state index in [0.29, 0.717) is 28.4 Å². The van der Waals surface area contributed by atoms with Crippen molar-refractivity contribution in [2.24, 2.45) is 0 Å². The Hall–Kier alpha value is -3.08. The SMILES string of the molecule is Cc1ccccc1CN1C(=O)[C@](O)(c2c[nH]c3ccccc23)c2cc(Cl)ccc21. The van der Waals surface area contributed by atoms with E-state index >= 15 is 0 Å². The number of nitrogens with zero attached hydrogens (tertiary/aromatic N) is 1. The van der Waals surface area contributed by atoms with Crippen molar-refractivity contribution in [3.8, 4) is 0 Å². The van der Waals surface area contributed by atoms with Gasteiger partial charge in [-0.2, -0.15) is 0 Å². The molecule has 2 N–H and O–H groups in total. The highest BCUT2D eigenvalue weighted by atomic mass is 35.5. The van der Waals surface area contributed by atoms with Gasteiger partial charge in [-0.15, -0.1) is 0 Å². The first-order valence-corrected chi connectivity index (χ1v) is 9.83. The Balaban J connectivity index is 1.70. The van der Waals surface area contributed by atoms with Gasteiger partial charge in [-0.1, -0.05) is 54.1 Å². The van der Waals surface area contributed by atoms with Crippen molar-refractivity contribution in [1.82, 2.24) is 4.98 Å². The Morgan fingerprint density at radius 2 is 1.79 bits per heavy atom. The van der Waals surface area contributed by atoms with Gasteiger partial charge >= 0.3 is 0 Å². The number of aromatic amines is 1. The van der Waals surface area contributed by atoms with Gasteiger partial charge in [0.15, 0.2) is 5.60 Å². The van der Waals surface area contributed by atoms with Crippen molar-refractivity contribution in [2.45, 2.75) is 19.1 Å². The molecule has 5 heteroatoms. The number of carbonyl (C=O) groups excluding carboxylic acids is 1. The lowest BCUT2D eigenvalue weighted by Crippen LogP contribution is -2.40. The predicted molar refractivity (Wildman–Crippen MR) is 115 cm³/mol. The Morgan fingerprint density at radius 3 is 2.62 bits per heavy atom. The number of para-hydroxylation sites is 1. The van der Waals surface area contributed by atoms with Gasteiger partial charge in [0.2, 0.25) is 0 Å². The second-order valence-electron chi connectivity index (χ2n) is 7.44. The molecule has 1 aliphatic heterocycles. The summed E-state index contributed by atoms with van der Waals surface area (Å²) < 4.78 is 0. The molecule has 1 amide bonds. The number of benzene rings is 3. The topological polar surface area (TPSA) is 56.3 Å². The van der Waals surface area contributed by atoms with Crippen molar-refractivity contribution in [2.75, 3.05) is 4.90 Å². The number of amides is 1. The highest BCUT2D eigenvalue weighted by Crippen LogP contribution is 2.47. The number of anilines is 1. The average molecular weight is 403 g/mol. The summed E-state index contributed by atoms with van der Waals surface area (Å²) in [5, 5.41) is 13.1. The van der Waals surface area contributed by atoms with Crippen LogP contribution in [0.4, 0.5) is 5.69 Å². The van der Waals surface area contributed by atoms with Crippen molar-refractivity contribution in [3.05, 3.63) is 100 Å². The van der Waals surface area contributed by atoms with Crippen molar-refractivity contribution >= 4 is 34.1 Å². The van der Waals surface area contributed by atoms with Crippen LogP contribution in [0, 0.1) is 6.92 Å². The standard InChI is InChI=1S/C24H19ClN2O2/c1-15-6-2-3-7-16(15)14-27-22-11-10-17(25)12-19(22)24(29,23(27)28)20-13-26-21-9-5-4-8-18(20)21/h2-13,26,29H,14H2,1H3/t24-/m1/s1. The Bertz CT molecular complexity index is 1260. The van der Waals surface area contributed by atoms with E-state index in [1.807, 2.05) is 55.5 Å². The molecule has 0 saturated carbocycles. The molecule has 5 rings (SSSR count). The predicted octanol–water partition coefficient (Wildman–Crippen LogP) is 4.91. The normalized spacial score (nSPS) is 18.4. The number of fused-ring (bicyclic) bond motifs is 2. The summed E-state index contributed by atoms with van der Waals surface area (Å²) in [4.78, 5) is 18.5. The summed E-state index contributed by atoms with van der Waals surface area (Å²) in [6.45, 7) is 2.40. The number of aromatic nitrogens is 1. The van der Waals surface area contributed by atoms with Crippen LogP contribution in [-0.4, -0.2) is 16.0 Å². The van der Waals surface area contributed by atoms with E-state index < -0.39 is 5.60 Å². The summed E-state index contributed by atoms with van der Waals surface area (Å²) >= 11 is 6.26. The molecule has 0 fully saturated rings. The number of hydrogen-bond donors (Lipinski definition) is 2. The molecule has 0 saturated heterocycles. The van der Waals surface area contributed by atoms with Gasteiger partial charge in [-0.05, 0) is 42.3 Å². The number of rotatable bonds is 3. The fourth-order valence-corrected chi connectivity index (χ4v) is 4.37. The van der Waals surface area contributed by atoms with Gasteiger partial charge in [0.1, 0.15) is 0 Å². The summed E-state index contributed by atoms with van der Waals surface area (Å²) in [5.41, 5.74) is 2.91. The molecule has 4 nitrogen and oxygen atoms in total. The molecule has 0 unspecified atom stereocenters. The summed E-state index contributed by atoms with van der Waals surface area (Å²) in [7, 11) is 0. The highest BCUT2D eigenvalue weighted by molar-refractivity contribution is 6.31. The average Bonchev–Trinajstić information content (AvgIpc) is 3.24. The van der Waals surface area contributed by atoms with Gasteiger partial charge in [0.25, 0.3) is 5.91 Å². The van der Waals surface area contributed by atoms with Gasteiger partial charge in [0, 0.05) is 33.2 Å². The Labute approximate surface area is 173 Å². The minimum absolute atomic E-state index is 0.372. The number of aryl methyl sites for hydroxylation is 1. The lowest BCUT2D eigenvalue weighted by molar-refractivity contribution is -0.132. The van der Waals surface area contributed by atoms with Crippen LogP contribution in [0.3, 0.4) is 0 Å². The molecule has 1 aliphatic rings. The number of aliphatic hydroxyl groups is 1. The summed E-state index contributed by atoms with van der Waals surface area (Å²) in [6.07, 6.45) is 1.71. The second kappa shape index (κ2) is 6.48. The maximum absolute atomic E-state index is 13.7. The molecular weight excluding hydrogens is 384 g/mol. The zero-order valence-corrected chi connectivity index (χ0v) is 16.6. The molecule has 0 radical (unpaired) electrons. The first kappa shape index (κ1) is 18.0. The maximum Gasteiger partial charge on any atom is 0.268 e. The van der Waals surface area contributed by atoms with E-state index in [1.165, 1.54) is 0 Å². The third kappa shape index (κ3) is 2.60. The fourth-order valence-electron chi connectivity index (χ4n) is 4.20. The van der Waals surface area contributed by atoms with Crippen LogP contribution in [0.15, 0.2) is 72.9 Å². The molecule has 4 aromatic rings. The van der Waals surface area contributed by atoms with Crippen molar-refractivity contribution in [3.63, 3.8) is 0 Å². The summed E-state index contributed by atoms with van der Waals surface area (Å²) in [6, 6.07) is 20.8. The third-order valence-corrected chi connectivity index (χ3v) is 6.00. The lowest BCUT2D eigenvalue weighted by Gasteiger charge is -2.23. The summed E-state index contributed by atoms with van der Waals surface area (Å²) in [5.74, 6) is -0.372. The monoisotopic (exact) mass is 402 g/mol. The van der Waals surface area contributed by atoms with E-state index in [2.05, 4.69) is 4.98 Å². The zero-order valence-electron chi connectivity index (χ0n) is 15.8. The quantitative estimate of drug-likeness (QED) is 0.511. The first-order valence-electron chi connectivity index (χ1n) is 9.45. The van der Waals surface area contributed by atoms with E-state index in [1.54, 1.807) is 29.3 Å². The molecule has 1 aromatic heterocycles. The number of H-pyrrole nitrogens is 1. The van der Waals surface area contributed by atoms with Crippen LogP contribution in [0.25, 0.3) is 10.9 Å². The molecule has 0 spiro atoms. The maximum atomic E-state index is 13.7. The molecule has 144 valence electrons. The van der Waals surface area contributed by atoms with Crippen molar-refractivity contribution < 1.29 is 9.90 Å². The molecular formula is C24H19ClN2O2. The smallest absolute Gasteiger partial charge is 0.268 e. The van der Waals surface area contributed by atoms with Gasteiger partial charge in [0.05, 0.1) is 12.2 Å². The lowest BCUT2D eigenvalue weighted by atomic mass is 9.87. The molecule has 29 heavy (non-hydrogen) atoms. The minimum Gasteiger partial charge on any atom is -0.372 e. The number of hydrogen-bond acceptors (Lipinski definition) is 2. The van der Waals surface area contributed by atoms with Crippen LogP contribution in [-0.2, 0) is 16.9 Å².